The second-order valence-corrected chi connectivity index (χ2v) is 9.07. The highest BCUT2D eigenvalue weighted by Gasteiger charge is 2.37. The Bertz CT molecular complexity index is 1390. The summed E-state index contributed by atoms with van der Waals surface area (Å²) in [5.41, 5.74) is 8.98. The predicted octanol–water partition coefficient (Wildman–Crippen LogP) is 8.62. The van der Waals surface area contributed by atoms with Gasteiger partial charge in [0.2, 0.25) is 0 Å². The van der Waals surface area contributed by atoms with Gasteiger partial charge in [0.1, 0.15) is 0 Å². The molecule has 0 radical (unpaired) electrons. The van der Waals surface area contributed by atoms with Gasteiger partial charge in [0.15, 0.2) is 0 Å². The van der Waals surface area contributed by atoms with Gasteiger partial charge >= 0.3 is 0 Å². The van der Waals surface area contributed by atoms with Gasteiger partial charge < -0.3 is 4.90 Å². The molecule has 5 aromatic rings. The van der Waals surface area contributed by atoms with Crippen molar-refractivity contribution in [3.8, 4) is 11.1 Å². The molecule has 0 unspecified atom stereocenters. The summed E-state index contributed by atoms with van der Waals surface area (Å²) in [4.78, 5) is 2.34. The van der Waals surface area contributed by atoms with E-state index in [-0.39, 0.29) is 5.41 Å². The molecule has 0 aromatic heterocycles. The fraction of sp³-hybridized carbons (Fsp3) is 0.0968. The first-order chi connectivity index (χ1) is 15.6. The zero-order valence-corrected chi connectivity index (χ0v) is 18.4. The van der Waals surface area contributed by atoms with E-state index in [1.165, 1.54) is 38.7 Å². The summed E-state index contributed by atoms with van der Waals surface area (Å²) in [5, 5.41) is 2.67. The molecule has 0 saturated carbocycles. The molecule has 0 spiro atoms. The summed E-state index contributed by atoms with van der Waals surface area (Å²) >= 11 is 0. The van der Waals surface area contributed by atoms with Crippen molar-refractivity contribution < 1.29 is 0 Å². The second-order valence-electron chi connectivity index (χ2n) is 9.07. The van der Waals surface area contributed by atoms with Crippen molar-refractivity contribution in [2.45, 2.75) is 19.3 Å². The highest BCUT2D eigenvalue weighted by atomic mass is 15.1. The minimum Gasteiger partial charge on any atom is -0.310 e. The molecule has 1 heteroatoms. The third-order valence-electron chi connectivity index (χ3n) is 6.81. The zero-order chi connectivity index (χ0) is 21.7. The van der Waals surface area contributed by atoms with E-state index in [4.69, 9.17) is 0 Å². The van der Waals surface area contributed by atoms with Gasteiger partial charge in [-0.25, -0.2) is 0 Å². The monoisotopic (exact) mass is 411 g/mol. The number of hydrogen-bond acceptors (Lipinski definition) is 1. The molecule has 1 aliphatic carbocycles. The van der Waals surface area contributed by atoms with E-state index in [2.05, 4.69) is 134 Å². The van der Waals surface area contributed by atoms with E-state index in [9.17, 15) is 0 Å². The lowest BCUT2D eigenvalue weighted by Gasteiger charge is -2.28. The first-order valence-corrected chi connectivity index (χ1v) is 11.2. The van der Waals surface area contributed by atoms with Crippen LogP contribution in [0.2, 0.25) is 0 Å². The van der Waals surface area contributed by atoms with Crippen LogP contribution >= 0.6 is 0 Å². The van der Waals surface area contributed by atoms with Gasteiger partial charge in [-0.1, -0.05) is 92.7 Å². The highest BCUT2D eigenvalue weighted by Crippen LogP contribution is 2.52. The Morgan fingerprint density at radius 1 is 0.531 bits per heavy atom. The maximum Gasteiger partial charge on any atom is 0.0465 e. The van der Waals surface area contributed by atoms with Crippen molar-refractivity contribution in [1.82, 2.24) is 0 Å². The largest absolute Gasteiger partial charge is 0.310 e. The molecule has 1 nitrogen and oxygen atoms in total. The molecular weight excluding hydrogens is 386 g/mol. The predicted molar refractivity (Wildman–Crippen MR) is 136 cm³/mol. The van der Waals surface area contributed by atoms with Crippen LogP contribution in [-0.4, -0.2) is 0 Å². The molecular formula is C31H25N. The number of hydrogen-bond donors (Lipinski definition) is 0. The molecule has 0 aliphatic heterocycles. The van der Waals surface area contributed by atoms with Crippen molar-refractivity contribution in [2.24, 2.45) is 0 Å². The number of anilines is 3. The smallest absolute Gasteiger partial charge is 0.0465 e. The van der Waals surface area contributed by atoms with Crippen molar-refractivity contribution in [3.05, 3.63) is 126 Å². The standard InChI is InChI=1S/C31H25N/c1-31(2)29-21-25(32(23-12-5-3-6-13-23)24-14-7-4-8-15-24)18-20-27(29)28-19-17-22-11-9-10-16-26(22)30(28)31/h3-21H,1-2H3. The van der Waals surface area contributed by atoms with Crippen LogP contribution < -0.4 is 4.90 Å². The van der Waals surface area contributed by atoms with E-state index in [0.717, 1.165) is 11.4 Å². The summed E-state index contributed by atoms with van der Waals surface area (Å²) in [7, 11) is 0. The fourth-order valence-corrected chi connectivity index (χ4v) is 5.33. The number of para-hydroxylation sites is 2. The number of fused-ring (bicyclic) bond motifs is 5. The molecule has 6 rings (SSSR count). The molecule has 0 fully saturated rings. The average molecular weight is 412 g/mol. The van der Waals surface area contributed by atoms with E-state index in [1.807, 2.05) is 0 Å². The average Bonchev–Trinajstić information content (AvgIpc) is 3.07. The quantitative estimate of drug-likeness (QED) is 0.287. The summed E-state index contributed by atoms with van der Waals surface area (Å²) in [6, 6.07) is 41.5. The minimum atomic E-state index is -0.0689. The maximum atomic E-state index is 2.39. The third kappa shape index (κ3) is 2.78. The molecule has 0 amide bonds. The van der Waals surface area contributed by atoms with Crippen molar-refractivity contribution >= 4 is 27.8 Å². The lowest BCUT2D eigenvalue weighted by Crippen LogP contribution is -2.17. The normalized spacial score (nSPS) is 13.6. The highest BCUT2D eigenvalue weighted by molar-refractivity contribution is 5.98. The maximum absolute atomic E-state index is 2.39. The van der Waals surface area contributed by atoms with Crippen LogP contribution in [0, 0.1) is 0 Å². The van der Waals surface area contributed by atoms with E-state index in [0.29, 0.717) is 0 Å². The van der Waals surface area contributed by atoms with Crippen molar-refractivity contribution in [2.75, 3.05) is 4.90 Å². The van der Waals surface area contributed by atoms with Crippen LogP contribution in [-0.2, 0) is 5.41 Å². The number of nitrogens with zero attached hydrogens (tertiary/aromatic N) is 1. The van der Waals surface area contributed by atoms with Crippen LogP contribution in [0.15, 0.2) is 115 Å². The van der Waals surface area contributed by atoms with Crippen LogP contribution in [0.25, 0.3) is 21.9 Å². The van der Waals surface area contributed by atoms with Gasteiger partial charge in [-0.15, -0.1) is 0 Å². The van der Waals surface area contributed by atoms with Crippen LogP contribution in [0.3, 0.4) is 0 Å². The van der Waals surface area contributed by atoms with Gasteiger partial charge in [0.25, 0.3) is 0 Å². The van der Waals surface area contributed by atoms with Gasteiger partial charge in [-0.05, 0) is 69.4 Å². The Kier molecular flexibility index (Phi) is 4.19. The molecule has 5 aromatic carbocycles. The lowest BCUT2D eigenvalue weighted by atomic mass is 9.80. The molecule has 32 heavy (non-hydrogen) atoms. The van der Waals surface area contributed by atoms with Gasteiger partial charge in [0, 0.05) is 22.5 Å². The molecule has 0 saturated heterocycles. The Hall–Kier alpha value is -3.84. The van der Waals surface area contributed by atoms with Gasteiger partial charge in [-0.2, -0.15) is 0 Å². The number of rotatable bonds is 3. The van der Waals surface area contributed by atoms with E-state index in [1.54, 1.807) is 0 Å². The molecule has 0 heterocycles. The third-order valence-corrected chi connectivity index (χ3v) is 6.81. The Labute approximate surface area is 189 Å². The van der Waals surface area contributed by atoms with Gasteiger partial charge in [-0.3, -0.25) is 0 Å². The zero-order valence-electron chi connectivity index (χ0n) is 18.4. The first kappa shape index (κ1) is 18.9. The molecule has 0 atom stereocenters. The van der Waals surface area contributed by atoms with E-state index < -0.39 is 0 Å². The fourth-order valence-electron chi connectivity index (χ4n) is 5.33. The summed E-state index contributed by atoms with van der Waals surface area (Å²) in [5.74, 6) is 0. The van der Waals surface area contributed by atoms with Crippen LogP contribution in [0.4, 0.5) is 17.1 Å². The molecule has 154 valence electrons. The van der Waals surface area contributed by atoms with Crippen LogP contribution in [0.5, 0.6) is 0 Å². The van der Waals surface area contributed by atoms with Gasteiger partial charge in [0.05, 0.1) is 0 Å². The number of benzene rings is 5. The SMILES string of the molecule is CC1(C)c2cc(N(c3ccccc3)c3ccccc3)ccc2-c2ccc3ccccc3c21. The topological polar surface area (TPSA) is 3.24 Å². The summed E-state index contributed by atoms with van der Waals surface area (Å²) in [6.45, 7) is 4.73. The lowest BCUT2D eigenvalue weighted by molar-refractivity contribution is 0.666. The summed E-state index contributed by atoms with van der Waals surface area (Å²) in [6.07, 6.45) is 0. The molecule has 0 bridgehead atoms. The molecule has 0 N–H and O–H groups in total. The Balaban J connectivity index is 1.56. The second kappa shape index (κ2) is 7.10. The van der Waals surface area contributed by atoms with Crippen molar-refractivity contribution in [3.63, 3.8) is 0 Å². The van der Waals surface area contributed by atoms with E-state index >= 15 is 0 Å². The Morgan fingerprint density at radius 2 is 1.12 bits per heavy atom. The minimum absolute atomic E-state index is 0.0689. The van der Waals surface area contributed by atoms with Crippen LogP contribution in [0.1, 0.15) is 25.0 Å². The van der Waals surface area contributed by atoms with Crippen molar-refractivity contribution in [1.29, 1.82) is 0 Å². The molecule has 1 aliphatic rings. The summed E-state index contributed by atoms with van der Waals surface area (Å²) < 4.78 is 0. The first-order valence-electron chi connectivity index (χ1n) is 11.2. The Morgan fingerprint density at radius 3 is 1.81 bits per heavy atom.